The summed E-state index contributed by atoms with van der Waals surface area (Å²) in [4.78, 5) is 17.4. The third kappa shape index (κ3) is 5.14. The van der Waals surface area contributed by atoms with Gasteiger partial charge in [-0.2, -0.15) is 0 Å². The van der Waals surface area contributed by atoms with Crippen LogP contribution >= 0.6 is 35.0 Å². The van der Waals surface area contributed by atoms with Gasteiger partial charge in [-0.3, -0.25) is 9.69 Å². The molecule has 0 radical (unpaired) electrons. The van der Waals surface area contributed by atoms with Crippen LogP contribution in [0.15, 0.2) is 33.7 Å². The summed E-state index contributed by atoms with van der Waals surface area (Å²) >= 11 is 13.5. The third-order valence-corrected chi connectivity index (χ3v) is 5.74. The number of carbonyl (C=O) groups excluding carboxylic acids is 1. The minimum absolute atomic E-state index is 0.121. The van der Waals surface area contributed by atoms with Gasteiger partial charge in [0.05, 0.1) is 23.0 Å². The highest BCUT2D eigenvalue weighted by Gasteiger charge is 2.22. The van der Waals surface area contributed by atoms with E-state index in [0.717, 1.165) is 49.1 Å². The van der Waals surface area contributed by atoms with E-state index in [1.165, 1.54) is 11.8 Å². The number of piperazine rings is 1. The Morgan fingerprint density at radius 1 is 1.24 bits per heavy atom. The molecule has 3 rings (SSSR count). The van der Waals surface area contributed by atoms with E-state index in [1.54, 1.807) is 18.2 Å². The van der Waals surface area contributed by atoms with E-state index in [-0.39, 0.29) is 5.91 Å². The van der Waals surface area contributed by atoms with Gasteiger partial charge >= 0.3 is 0 Å². The molecule has 0 unspecified atom stereocenters. The highest BCUT2D eigenvalue weighted by molar-refractivity contribution is 8.00. The number of nitrogens with zero attached hydrogens (tertiary/aromatic N) is 3. The Morgan fingerprint density at radius 3 is 2.68 bits per heavy atom. The van der Waals surface area contributed by atoms with Crippen LogP contribution in [-0.2, 0) is 11.3 Å². The quantitative estimate of drug-likeness (QED) is 0.716. The second-order valence-corrected chi connectivity index (χ2v) is 7.82. The topological polar surface area (TPSA) is 49.6 Å². The maximum atomic E-state index is 12.4. The van der Waals surface area contributed by atoms with Crippen LogP contribution in [0.1, 0.15) is 11.5 Å². The Hall–Kier alpha value is -1.21. The maximum absolute atomic E-state index is 12.4. The molecular weight excluding hydrogens is 381 g/mol. The first-order valence-corrected chi connectivity index (χ1v) is 9.75. The zero-order chi connectivity index (χ0) is 17.8. The van der Waals surface area contributed by atoms with Gasteiger partial charge in [0.15, 0.2) is 5.76 Å². The second-order valence-electron chi connectivity index (χ2n) is 5.95. The predicted molar refractivity (Wildman–Crippen MR) is 100 cm³/mol. The third-order valence-electron chi connectivity index (χ3n) is 4.03. The lowest BCUT2D eigenvalue weighted by atomic mass is 10.3. The van der Waals surface area contributed by atoms with E-state index in [1.807, 2.05) is 17.9 Å². The van der Waals surface area contributed by atoms with E-state index in [2.05, 4.69) is 10.1 Å². The molecule has 2 heterocycles. The Kier molecular flexibility index (Phi) is 6.28. The summed E-state index contributed by atoms with van der Waals surface area (Å²) in [5.41, 5.74) is 0.889. The van der Waals surface area contributed by atoms with Crippen molar-refractivity contribution >= 4 is 40.9 Å². The zero-order valence-corrected chi connectivity index (χ0v) is 16.2. The highest BCUT2D eigenvalue weighted by atomic mass is 35.5. The molecule has 0 saturated carbocycles. The molecule has 1 aliphatic rings. The summed E-state index contributed by atoms with van der Waals surface area (Å²) in [5, 5.41) is 5.14. The van der Waals surface area contributed by atoms with E-state index >= 15 is 0 Å². The average Bonchev–Trinajstić information content (AvgIpc) is 3.01. The molecule has 1 fully saturated rings. The van der Waals surface area contributed by atoms with Gasteiger partial charge in [-0.15, -0.1) is 11.8 Å². The molecule has 1 aliphatic heterocycles. The van der Waals surface area contributed by atoms with Crippen LogP contribution < -0.4 is 0 Å². The number of hydrogen-bond acceptors (Lipinski definition) is 5. The van der Waals surface area contributed by atoms with Crippen molar-refractivity contribution < 1.29 is 9.32 Å². The number of amides is 1. The minimum Gasteiger partial charge on any atom is -0.360 e. The van der Waals surface area contributed by atoms with Crippen LogP contribution in [0.4, 0.5) is 0 Å². The molecule has 0 bridgehead atoms. The average molecular weight is 400 g/mol. The molecule has 1 amide bonds. The van der Waals surface area contributed by atoms with E-state index in [9.17, 15) is 4.79 Å². The van der Waals surface area contributed by atoms with Crippen LogP contribution in [-0.4, -0.2) is 52.8 Å². The summed E-state index contributed by atoms with van der Waals surface area (Å²) in [5.74, 6) is 1.35. The molecule has 2 aromatic rings. The summed E-state index contributed by atoms with van der Waals surface area (Å²) in [6.07, 6.45) is 0. The Balaban J connectivity index is 1.46. The zero-order valence-electron chi connectivity index (χ0n) is 13.9. The molecule has 0 atom stereocenters. The van der Waals surface area contributed by atoms with Crippen molar-refractivity contribution in [3.63, 3.8) is 0 Å². The first-order valence-electron chi connectivity index (χ1n) is 8.01. The van der Waals surface area contributed by atoms with Crippen molar-refractivity contribution in [1.29, 1.82) is 0 Å². The lowest BCUT2D eigenvalue weighted by Gasteiger charge is -2.34. The Bertz CT molecular complexity index is 745. The fourth-order valence-electron chi connectivity index (χ4n) is 2.69. The molecule has 5 nitrogen and oxygen atoms in total. The number of rotatable bonds is 5. The summed E-state index contributed by atoms with van der Waals surface area (Å²) in [6.45, 7) is 5.73. The van der Waals surface area contributed by atoms with Gasteiger partial charge in [0.1, 0.15) is 0 Å². The number of aromatic nitrogens is 1. The molecule has 8 heteroatoms. The highest BCUT2D eigenvalue weighted by Crippen LogP contribution is 2.30. The molecule has 25 heavy (non-hydrogen) atoms. The molecule has 134 valence electrons. The molecule has 0 spiro atoms. The van der Waals surface area contributed by atoms with Gasteiger partial charge in [0.2, 0.25) is 5.91 Å². The van der Waals surface area contributed by atoms with Crippen LogP contribution in [0.2, 0.25) is 10.0 Å². The standard InChI is InChI=1S/C17H19Cl2N3O2S/c1-12-8-14(24-20-12)10-21-4-6-22(7-5-21)17(23)11-25-16-9-13(18)2-3-15(16)19/h2-3,8-9H,4-7,10-11H2,1H3. The summed E-state index contributed by atoms with van der Waals surface area (Å²) < 4.78 is 5.25. The lowest BCUT2D eigenvalue weighted by molar-refractivity contribution is -0.130. The van der Waals surface area contributed by atoms with Crippen LogP contribution in [0.5, 0.6) is 0 Å². The summed E-state index contributed by atoms with van der Waals surface area (Å²) in [7, 11) is 0. The molecule has 0 N–H and O–H groups in total. The number of carbonyl (C=O) groups is 1. The Morgan fingerprint density at radius 2 is 2.00 bits per heavy atom. The monoisotopic (exact) mass is 399 g/mol. The van der Waals surface area contributed by atoms with E-state index in [0.29, 0.717) is 15.8 Å². The normalized spacial score (nSPS) is 15.6. The van der Waals surface area contributed by atoms with Gasteiger partial charge in [-0.1, -0.05) is 28.4 Å². The van der Waals surface area contributed by atoms with Crippen molar-refractivity contribution in [2.75, 3.05) is 31.9 Å². The largest absolute Gasteiger partial charge is 0.360 e. The maximum Gasteiger partial charge on any atom is 0.233 e. The van der Waals surface area contributed by atoms with Crippen molar-refractivity contribution in [2.45, 2.75) is 18.4 Å². The summed E-state index contributed by atoms with van der Waals surface area (Å²) in [6, 6.07) is 7.23. The SMILES string of the molecule is Cc1cc(CN2CCN(C(=O)CSc3cc(Cl)ccc3Cl)CC2)on1. The smallest absolute Gasteiger partial charge is 0.233 e. The second kappa shape index (κ2) is 8.45. The van der Waals surface area contributed by atoms with Crippen molar-refractivity contribution in [3.8, 4) is 0 Å². The number of thioether (sulfide) groups is 1. The number of halogens is 2. The van der Waals surface area contributed by atoms with Crippen LogP contribution in [0.25, 0.3) is 0 Å². The van der Waals surface area contributed by atoms with Crippen molar-refractivity contribution in [1.82, 2.24) is 15.0 Å². The molecule has 0 aliphatic carbocycles. The van der Waals surface area contributed by atoms with Gasteiger partial charge < -0.3 is 9.42 Å². The fraction of sp³-hybridized carbons (Fsp3) is 0.412. The van der Waals surface area contributed by atoms with Gasteiger partial charge in [-0.25, -0.2) is 0 Å². The number of benzene rings is 1. The predicted octanol–water partition coefficient (Wildman–Crippen LogP) is 3.73. The minimum atomic E-state index is 0.121. The molecule has 1 saturated heterocycles. The number of hydrogen-bond donors (Lipinski definition) is 0. The van der Waals surface area contributed by atoms with Crippen LogP contribution in [0.3, 0.4) is 0 Å². The molecule has 1 aromatic heterocycles. The first kappa shape index (κ1) is 18.6. The van der Waals surface area contributed by atoms with Gasteiger partial charge in [0, 0.05) is 42.2 Å². The van der Waals surface area contributed by atoms with E-state index < -0.39 is 0 Å². The molecule has 1 aromatic carbocycles. The molecular formula is C17H19Cl2N3O2S. The fourth-order valence-corrected chi connectivity index (χ4v) is 4.08. The van der Waals surface area contributed by atoms with Gasteiger partial charge in [0.25, 0.3) is 0 Å². The van der Waals surface area contributed by atoms with Crippen molar-refractivity contribution in [3.05, 3.63) is 45.8 Å². The van der Waals surface area contributed by atoms with Crippen molar-refractivity contribution in [2.24, 2.45) is 0 Å². The lowest BCUT2D eigenvalue weighted by Crippen LogP contribution is -2.48. The number of aryl methyl sites for hydroxylation is 1. The Labute approximate surface area is 161 Å². The van der Waals surface area contributed by atoms with Crippen LogP contribution in [0, 0.1) is 6.92 Å². The van der Waals surface area contributed by atoms with Gasteiger partial charge in [-0.05, 0) is 25.1 Å². The van der Waals surface area contributed by atoms with E-state index in [4.69, 9.17) is 27.7 Å². The first-order chi connectivity index (χ1) is 12.0.